The molecular weight excluding hydrogens is 412 g/mol. The Balaban J connectivity index is 1.60. The van der Waals surface area contributed by atoms with E-state index in [1.807, 2.05) is 20.8 Å². The molecule has 1 aliphatic heterocycles. The number of nitrogens with zero attached hydrogens (tertiary/aromatic N) is 1. The normalized spacial score (nSPS) is 38.3. The summed E-state index contributed by atoms with van der Waals surface area (Å²) in [6.45, 7) is 5.94. The zero-order chi connectivity index (χ0) is 21.9. The van der Waals surface area contributed by atoms with Crippen molar-refractivity contribution in [2.75, 3.05) is 0 Å². The average Bonchev–Trinajstić information content (AvgIpc) is 3.11. The summed E-state index contributed by atoms with van der Waals surface area (Å²) >= 11 is 6.23. The lowest BCUT2D eigenvalue weighted by atomic mass is 9.83. The van der Waals surface area contributed by atoms with Crippen molar-refractivity contribution in [3.8, 4) is 0 Å². The average molecular weight is 448 g/mol. The lowest BCUT2D eigenvalue weighted by Crippen LogP contribution is -2.52. The number of alkyl halides is 3. The molecule has 1 saturated heterocycles. The van der Waals surface area contributed by atoms with Crippen LogP contribution in [0.4, 0.5) is 8.78 Å². The minimum absolute atomic E-state index is 0.0790. The summed E-state index contributed by atoms with van der Waals surface area (Å²) in [6, 6.07) is 0.321. The Labute approximate surface area is 183 Å². The number of carbonyl (C=O) groups excluding carboxylic acids is 1. The fourth-order valence-corrected chi connectivity index (χ4v) is 4.83. The molecule has 4 N–H and O–H groups in total. The van der Waals surface area contributed by atoms with E-state index >= 15 is 0 Å². The summed E-state index contributed by atoms with van der Waals surface area (Å²) in [6.07, 6.45) is 2.26. The molecule has 172 valence electrons. The van der Waals surface area contributed by atoms with Gasteiger partial charge in [0.05, 0.1) is 0 Å². The zero-order valence-corrected chi connectivity index (χ0v) is 18.9. The smallest absolute Gasteiger partial charge is 0.229 e. The van der Waals surface area contributed by atoms with Crippen LogP contribution in [-0.4, -0.2) is 47.3 Å². The van der Waals surface area contributed by atoms with Gasteiger partial charge in [-0.1, -0.05) is 0 Å². The van der Waals surface area contributed by atoms with E-state index in [4.69, 9.17) is 16.6 Å². The van der Waals surface area contributed by atoms with Crippen LogP contribution in [0.5, 0.6) is 0 Å². The third-order valence-corrected chi connectivity index (χ3v) is 6.70. The van der Waals surface area contributed by atoms with E-state index in [1.165, 1.54) is 0 Å². The van der Waals surface area contributed by atoms with Crippen LogP contribution in [0.3, 0.4) is 0 Å². The molecule has 5 atom stereocenters. The van der Waals surface area contributed by atoms with Crippen LogP contribution >= 0.6 is 11.6 Å². The fraction of sp³-hybridized carbons (Fsp3) is 0.905. The molecule has 0 aromatic heterocycles. The second-order valence-electron chi connectivity index (χ2n) is 10.0. The first-order valence-electron chi connectivity index (χ1n) is 11.2. The summed E-state index contributed by atoms with van der Waals surface area (Å²) in [5.74, 6) is 0.100. The molecule has 0 radical (unpaired) electrons. The topological polar surface area (TPSA) is 77.6 Å². The predicted octanol–water partition coefficient (Wildman–Crippen LogP) is 3.31. The van der Waals surface area contributed by atoms with Crippen molar-refractivity contribution >= 4 is 23.5 Å². The van der Waals surface area contributed by atoms with Gasteiger partial charge in [-0.2, -0.15) is 0 Å². The SMILES string of the molecule is CC(C)(C)N/C(=N\C1CC(C2CCC(Cl)CC2)NN1)NC(=O)C1CCC(F)C(F)C1. The van der Waals surface area contributed by atoms with Gasteiger partial charge in [0.25, 0.3) is 0 Å². The highest BCUT2D eigenvalue weighted by atomic mass is 35.5. The molecule has 3 rings (SSSR count). The summed E-state index contributed by atoms with van der Waals surface area (Å²) < 4.78 is 27.2. The van der Waals surface area contributed by atoms with Crippen LogP contribution in [0, 0.1) is 11.8 Å². The van der Waals surface area contributed by atoms with Gasteiger partial charge < -0.3 is 5.32 Å². The summed E-state index contributed by atoms with van der Waals surface area (Å²) in [4.78, 5) is 17.4. The van der Waals surface area contributed by atoms with Crippen LogP contribution in [0.2, 0.25) is 0 Å². The Morgan fingerprint density at radius 2 is 1.70 bits per heavy atom. The molecule has 2 aliphatic carbocycles. The Morgan fingerprint density at radius 3 is 2.33 bits per heavy atom. The summed E-state index contributed by atoms with van der Waals surface area (Å²) in [5, 5.41) is 6.36. The van der Waals surface area contributed by atoms with E-state index < -0.39 is 18.3 Å². The monoisotopic (exact) mass is 447 g/mol. The highest BCUT2D eigenvalue weighted by Gasteiger charge is 2.36. The third-order valence-electron chi connectivity index (χ3n) is 6.27. The zero-order valence-electron chi connectivity index (χ0n) is 18.2. The molecule has 0 bridgehead atoms. The lowest BCUT2D eigenvalue weighted by molar-refractivity contribution is -0.125. The number of halogens is 3. The molecule has 6 nitrogen and oxygen atoms in total. The Bertz CT molecular complexity index is 621. The van der Waals surface area contributed by atoms with Gasteiger partial charge in [-0.3, -0.25) is 15.5 Å². The Hall–Kier alpha value is -0.990. The van der Waals surface area contributed by atoms with Crippen molar-refractivity contribution in [1.82, 2.24) is 21.5 Å². The van der Waals surface area contributed by atoms with Crippen LogP contribution in [-0.2, 0) is 4.79 Å². The van der Waals surface area contributed by atoms with Crippen LogP contribution in [0.25, 0.3) is 0 Å². The van der Waals surface area contributed by atoms with Gasteiger partial charge in [0.1, 0.15) is 18.5 Å². The first-order valence-corrected chi connectivity index (χ1v) is 11.6. The van der Waals surface area contributed by atoms with Crippen molar-refractivity contribution in [3.63, 3.8) is 0 Å². The molecule has 5 unspecified atom stereocenters. The van der Waals surface area contributed by atoms with Crippen LogP contribution in [0.15, 0.2) is 4.99 Å². The number of carbonyl (C=O) groups is 1. The molecule has 1 amide bonds. The van der Waals surface area contributed by atoms with Crippen molar-refractivity contribution in [2.45, 2.75) is 108 Å². The van der Waals surface area contributed by atoms with Crippen molar-refractivity contribution in [1.29, 1.82) is 0 Å². The summed E-state index contributed by atoms with van der Waals surface area (Å²) in [5.41, 5.74) is 6.27. The molecule has 3 fully saturated rings. The highest BCUT2D eigenvalue weighted by Crippen LogP contribution is 2.32. The van der Waals surface area contributed by atoms with Gasteiger partial charge in [0, 0.05) is 29.3 Å². The van der Waals surface area contributed by atoms with E-state index in [0.717, 1.165) is 32.1 Å². The maximum Gasteiger partial charge on any atom is 0.229 e. The largest absolute Gasteiger partial charge is 0.351 e. The Morgan fingerprint density at radius 1 is 1.00 bits per heavy atom. The second-order valence-corrected chi connectivity index (χ2v) is 10.7. The van der Waals surface area contributed by atoms with E-state index in [2.05, 4.69) is 21.5 Å². The molecule has 0 aromatic carbocycles. The molecule has 0 spiro atoms. The van der Waals surface area contributed by atoms with Gasteiger partial charge >= 0.3 is 0 Å². The van der Waals surface area contributed by atoms with Gasteiger partial charge in [-0.25, -0.2) is 19.2 Å². The molecule has 30 heavy (non-hydrogen) atoms. The van der Waals surface area contributed by atoms with Gasteiger partial charge in [0.2, 0.25) is 5.91 Å². The number of amides is 1. The third kappa shape index (κ3) is 6.76. The predicted molar refractivity (Wildman–Crippen MR) is 116 cm³/mol. The van der Waals surface area contributed by atoms with Crippen molar-refractivity contribution in [2.24, 2.45) is 16.8 Å². The standard InChI is InChI=1S/C21H36ClF2N5O/c1-21(2,3)27-20(26-19(30)13-6-9-15(23)16(24)10-13)25-18-11-17(28-29-18)12-4-7-14(22)8-5-12/h12-18,28-29H,4-11H2,1-3H3,(H2,25,26,27,30). The van der Waals surface area contributed by atoms with Crippen LogP contribution < -0.4 is 21.5 Å². The molecular formula is C21H36ClF2N5O. The summed E-state index contributed by atoms with van der Waals surface area (Å²) in [7, 11) is 0. The lowest BCUT2D eigenvalue weighted by Gasteiger charge is -2.29. The van der Waals surface area contributed by atoms with E-state index in [9.17, 15) is 13.6 Å². The van der Waals surface area contributed by atoms with Gasteiger partial charge in [-0.05, 0) is 71.6 Å². The second kappa shape index (κ2) is 10.1. The van der Waals surface area contributed by atoms with Crippen molar-refractivity contribution < 1.29 is 13.6 Å². The number of nitrogens with one attached hydrogen (secondary N) is 4. The Kier molecular flexibility index (Phi) is 7.96. The fourth-order valence-electron chi connectivity index (χ4n) is 4.58. The maximum atomic E-state index is 13.7. The van der Waals surface area contributed by atoms with E-state index in [1.54, 1.807) is 0 Å². The number of guanidine groups is 1. The van der Waals surface area contributed by atoms with E-state index in [0.29, 0.717) is 29.7 Å². The highest BCUT2D eigenvalue weighted by molar-refractivity contribution is 6.20. The molecule has 0 aromatic rings. The number of rotatable bonds is 3. The number of hydrazine groups is 1. The van der Waals surface area contributed by atoms with Crippen molar-refractivity contribution in [3.05, 3.63) is 0 Å². The van der Waals surface area contributed by atoms with E-state index in [-0.39, 0.29) is 30.5 Å². The molecule has 1 heterocycles. The molecule has 3 aliphatic rings. The van der Waals surface area contributed by atoms with Gasteiger partial charge in [0.15, 0.2) is 5.96 Å². The first kappa shape index (κ1) is 23.7. The first-order chi connectivity index (χ1) is 14.1. The molecule has 2 saturated carbocycles. The maximum absolute atomic E-state index is 13.7. The quantitative estimate of drug-likeness (QED) is 0.304. The number of hydrogen-bond acceptors (Lipinski definition) is 4. The number of aliphatic imine (C=N–C) groups is 1. The van der Waals surface area contributed by atoms with Crippen LogP contribution in [0.1, 0.15) is 72.1 Å². The number of hydrogen-bond donors (Lipinski definition) is 4. The molecule has 9 heteroatoms. The minimum atomic E-state index is -1.57. The van der Waals surface area contributed by atoms with Gasteiger partial charge in [-0.15, -0.1) is 11.6 Å². The minimum Gasteiger partial charge on any atom is -0.351 e.